The molecule has 0 nitrogen and oxygen atoms in total. The summed E-state index contributed by atoms with van der Waals surface area (Å²) in [5.41, 5.74) is 6.59. The number of fused-ring (bicyclic) bond motifs is 1. The van der Waals surface area contributed by atoms with Crippen LogP contribution in [0, 0.1) is 0 Å². The molecule has 1 aromatic carbocycles. The third-order valence-electron chi connectivity index (χ3n) is 4.46. The third-order valence-corrected chi connectivity index (χ3v) is 5.67. The summed E-state index contributed by atoms with van der Waals surface area (Å²) in [5, 5.41) is 1.88. The maximum atomic E-state index is 3.62. The Morgan fingerprint density at radius 1 is 0.833 bits per heavy atom. The van der Waals surface area contributed by atoms with Gasteiger partial charge in [-0.3, -0.25) is 0 Å². The van der Waals surface area contributed by atoms with Crippen LogP contribution in [0.1, 0.15) is 62.8 Å². The van der Waals surface area contributed by atoms with Gasteiger partial charge in [0.2, 0.25) is 0 Å². The largest absolute Gasteiger partial charge is 0.0876 e. The molecule has 0 saturated heterocycles. The molecule has 0 aliphatic heterocycles. The lowest BCUT2D eigenvalue weighted by atomic mass is 9.62. The van der Waals surface area contributed by atoms with E-state index in [0.717, 1.165) is 10.7 Å². The van der Waals surface area contributed by atoms with Crippen LogP contribution in [0.15, 0.2) is 12.1 Å². The standard InChI is InChI=1S/C16H22Br2/c1-15(2)5-6-16(3,4)14-8-12(10-18)11(9-17)7-13(14)15/h7-8H,5-6,9-10H2,1-4H3. The topological polar surface area (TPSA) is 0 Å². The van der Waals surface area contributed by atoms with Crippen molar-refractivity contribution in [2.75, 3.05) is 0 Å². The lowest BCUT2D eigenvalue weighted by Crippen LogP contribution is -2.34. The fourth-order valence-electron chi connectivity index (χ4n) is 2.95. The molecule has 0 spiro atoms. The molecule has 100 valence electrons. The van der Waals surface area contributed by atoms with Crippen molar-refractivity contribution in [1.82, 2.24) is 0 Å². The lowest BCUT2D eigenvalue weighted by Gasteiger charge is -2.42. The minimum atomic E-state index is 0.312. The van der Waals surface area contributed by atoms with Gasteiger partial charge in [-0.05, 0) is 45.9 Å². The van der Waals surface area contributed by atoms with Crippen LogP contribution in [0.5, 0.6) is 0 Å². The van der Waals surface area contributed by atoms with Gasteiger partial charge in [-0.25, -0.2) is 0 Å². The molecular formula is C16H22Br2. The maximum Gasteiger partial charge on any atom is 0.0286 e. The average molecular weight is 374 g/mol. The first-order chi connectivity index (χ1) is 8.31. The number of rotatable bonds is 2. The minimum Gasteiger partial charge on any atom is -0.0876 e. The van der Waals surface area contributed by atoms with Gasteiger partial charge in [0, 0.05) is 10.7 Å². The Balaban J connectivity index is 2.68. The van der Waals surface area contributed by atoms with Crippen LogP contribution in [-0.2, 0) is 21.5 Å². The van der Waals surface area contributed by atoms with E-state index in [0.29, 0.717) is 10.8 Å². The fourth-order valence-corrected chi connectivity index (χ4v) is 4.00. The fraction of sp³-hybridized carbons (Fsp3) is 0.625. The molecule has 0 N–H and O–H groups in total. The number of hydrogen-bond donors (Lipinski definition) is 0. The van der Waals surface area contributed by atoms with Gasteiger partial charge >= 0.3 is 0 Å². The van der Waals surface area contributed by atoms with E-state index >= 15 is 0 Å². The number of benzene rings is 1. The maximum absolute atomic E-state index is 3.62. The zero-order valence-corrected chi connectivity index (χ0v) is 14.9. The zero-order chi connectivity index (χ0) is 13.6. The van der Waals surface area contributed by atoms with E-state index in [9.17, 15) is 0 Å². The van der Waals surface area contributed by atoms with E-state index in [1.165, 1.54) is 24.0 Å². The second kappa shape index (κ2) is 4.94. The van der Waals surface area contributed by atoms with Crippen LogP contribution in [0.2, 0.25) is 0 Å². The average Bonchev–Trinajstić information content (AvgIpc) is 2.33. The summed E-state index contributed by atoms with van der Waals surface area (Å²) < 4.78 is 0. The van der Waals surface area contributed by atoms with E-state index in [1.54, 1.807) is 11.1 Å². The van der Waals surface area contributed by atoms with Crippen molar-refractivity contribution in [3.05, 3.63) is 34.4 Å². The van der Waals surface area contributed by atoms with Crippen LogP contribution >= 0.6 is 31.9 Å². The van der Waals surface area contributed by atoms with E-state index < -0.39 is 0 Å². The molecule has 1 aromatic rings. The van der Waals surface area contributed by atoms with Crippen molar-refractivity contribution >= 4 is 31.9 Å². The van der Waals surface area contributed by atoms with Crippen LogP contribution in [0.3, 0.4) is 0 Å². The molecule has 1 aliphatic rings. The molecule has 0 fully saturated rings. The quantitative estimate of drug-likeness (QED) is 0.572. The van der Waals surface area contributed by atoms with Gasteiger partial charge in [0.25, 0.3) is 0 Å². The van der Waals surface area contributed by atoms with Gasteiger partial charge in [-0.15, -0.1) is 0 Å². The van der Waals surface area contributed by atoms with Crippen molar-refractivity contribution in [3.8, 4) is 0 Å². The molecule has 0 heterocycles. The van der Waals surface area contributed by atoms with E-state index in [1.807, 2.05) is 0 Å². The van der Waals surface area contributed by atoms with Gasteiger partial charge < -0.3 is 0 Å². The Kier molecular flexibility index (Phi) is 4.00. The molecule has 18 heavy (non-hydrogen) atoms. The Hall–Kier alpha value is 0.180. The van der Waals surface area contributed by atoms with Gasteiger partial charge in [-0.1, -0.05) is 71.7 Å². The van der Waals surface area contributed by atoms with Crippen LogP contribution in [0.25, 0.3) is 0 Å². The van der Waals surface area contributed by atoms with Gasteiger partial charge in [0.05, 0.1) is 0 Å². The highest BCUT2D eigenvalue weighted by Crippen LogP contribution is 2.46. The Bertz CT molecular complexity index is 415. The first-order valence-corrected chi connectivity index (χ1v) is 8.85. The summed E-state index contributed by atoms with van der Waals surface area (Å²) in [7, 11) is 0. The van der Waals surface area contributed by atoms with Crippen molar-refractivity contribution < 1.29 is 0 Å². The lowest BCUT2D eigenvalue weighted by molar-refractivity contribution is 0.331. The summed E-state index contributed by atoms with van der Waals surface area (Å²) in [5.74, 6) is 0. The molecule has 0 aromatic heterocycles. The SMILES string of the molecule is CC1(C)CCC(C)(C)c2cc(CBr)c(CBr)cc21. The highest BCUT2D eigenvalue weighted by molar-refractivity contribution is 9.09. The van der Waals surface area contributed by atoms with Gasteiger partial charge in [-0.2, -0.15) is 0 Å². The second-order valence-electron chi connectivity index (χ2n) is 6.70. The molecule has 1 aliphatic carbocycles. The van der Waals surface area contributed by atoms with Crippen LogP contribution in [-0.4, -0.2) is 0 Å². The summed E-state index contributed by atoms with van der Waals surface area (Å²) in [6.07, 6.45) is 2.56. The smallest absolute Gasteiger partial charge is 0.0286 e. The Morgan fingerprint density at radius 3 is 1.44 bits per heavy atom. The van der Waals surface area contributed by atoms with Crippen molar-refractivity contribution in [1.29, 1.82) is 0 Å². The van der Waals surface area contributed by atoms with Gasteiger partial charge in [0.15, 0.2) is 0 Å². The number of hydrogen-bond acceptors (Lipinski definition) is 0. The van der Waals surface area contributed by atoms with Gasteiger partial charge in [0.1, 0.15) is 0 Å². The highest BCUT2D eigenvalue weighted by Gasteiger charge is 2.37. The molecule has 0 amide bonds. The summed E-state index contributed by atoms with van der Waals surface area (Å²) in [4.78, 5) is 0. The molecule has 2 rings (SSSR count). The molecule has 0 radical (unpaired) electrons. The first-order valence-electron chi connectivity index (χ1n) is 6.60. The second-order valence-corrected chi connectivity index (χ2v) is 7.82. The molecular weight excluding hydrogens is 352 g/mol. The molecule has 0 unspecified atom stereocenters. The molecule has 0 saturated carbocycles. The van der Waals surface area contributed by atoms with E-state index in [4.69, 9.17) is 0 Å². The van der Waals surface area contributed by atoms with E-state index in [-0.39, 0.29) is 0 Å². The predicted molar refractivity (Wildman–Crippen MR) is 87.0 cm³/mol. The zero-order valence-electron chi connectivity index (χ0n) is 11.7. The predicted octanol–water partition coefficient (Wildman–Crippen LogP) is 5.83. The van der Waals surface area contributed by atoms with Crippen molar-refractivity contribution in [3.63, 3.8) is 0 Å². The third kappa shape index (κ3) is 2.43. The minimum absolute atomic E-state index is 0.312. The summed E-state index contributed by atoms with van der Waals surface area (Å²) in [6.45, 7) is 9.53. The number of alkyl halides is 2. The summed E-state index contributed by atoms with van der Waals surface area (Å²) in [6, 6.07) is 4.86. The molecule has 2 heteroatoms. The monoisotopic (exact) mass is 372 g/mol. The Labute approximate surface area is 128 Å². The summed E-state index contributed by atoms with van der Waals surface area (Å²) >= 11 is 7.24. The molecule has 0 bridgehead atoms. The van der Waals surface area contributed by atoms with Crippen LogP contribution in [0.4, 0.5) is 0 Å². The van der Waals surface area contributed by atoms with Crippen molar-refractivity contribution in [2.24, 2.45) is 0 Å². The normalized spacial score (nSPS) is 20.6. The number of halogens is 2. The van der Waals surface area contributed by atoms with E-state index in [2.05, 4.69) is 71.7 Å². The van der Waals surface area contributed by atoms with Crippen molar-refractivity contribution in [2.45, 2.75) is 62.0 Å². The first kappa shape index (κ1) is 14.6. The molecule has 0 atom stereocenters. The highest BCUT2D eigenvalue weighted by atomic mass is 79.9. The Morgan fingerprint density at radius 2 is 1.17 bits per heavy atom. The van der Waals surface area contributed by atoms with Crippen LogP contribution < -0.4 is 0 Å².